The molecule has 2 aliphatic rings. The first kappa shape index (κ1) is 17.0. The van der Waals surface area contributed by atoms with Gasteiger partial charge < -0.3 is 20.1 Å². The van der Waals surface area contributed by atoms with Gasteiger partial charge in [-0.1, -0.05) is 0 Å². The van der Waals surface area contributed by atoms with Gasteiger partial charge in [-0.3, -0.25) is 0 Å². The van der Waals surface area contributed by atoms with Crippen LogP contribution in [0.15, 0.2) is 18.2 Å². The smallest absolute Gasteiger partial charge is 0.321 e. The van der Waals surface area contributed by atoms with Crippen LogP contribution in [0.4, 0.5) is 14.9 Å². The number of rotatable bonds is 4. The van der Waals surface area contributed by atoms with Gasteiger partial charge in [0.15, 0.2) is 11.6 Å². The van der Waals surface area contributed by atoms with Crippen molar-refractivity contribution in [2.75, 3.05) is 18.4 Å². The van der Waals surface area contributed by atoms with E-state index in [2.05, 4.69) is 5.32 Å². The summed E-state index contributed by atoms with van der Waals surface area (Å²) in [5.41, 5.74) is 0.427. The Morgan fingerprint density at radius 3 is 2.58 bits per heavy atom. The number of hydrogen-bond acceptors (Lipinski definition) is 3. The Morgan fingerprint density at radius 2 is 2.04 bits per heavy atom. The summed E-state index contributed by atoms with van der Waals surface area (Å²) in [6, 6.07) is 4.31. The van der Waals surface area contributed by atoms with Crippen LogP contribution in [-0.2, 0) is 0 Å². The number of likely N-dealkylation sites (tertiary alicyclic amines) is 1. The van der Waals surface area contributed by atoms with E-state index in [0.29, 0.717) is 18.8 Å². The molecule has 24 heavy (non-hydrogen) atoms. The second-order valence-corrected chi connectivity index (χ2v) is 6.81. The van der Waals surface area contributed by atoms with E-state index in [1.54, 1.807) is 24.0 Å². The van der Waals surface area contributed by atoms with Crippen molar-refractivity contribution in [1.82, 2.24) is 4.90 Å². The Hall–Kier alpha value is -1.82. The standard InChI is InChI=1S/C18H25FN2O3/c1-12(22)13-7-9-21(10-8-13)18(23)20-14-5-6-17(16(19)11-14)24-15-3-2-4-15/h5-6,11-13,15,22H,2-4,7-10H2,1H3,(H,20,23). The quantitative estimate of drug-likeness (QED) is 0.886. The van der Waals surface area contributed by atoms with Crippen molar-refractivity contribution in [3.63, 3.8) is 0 Å². The lowest BCUT2D eigenvalue weighted by molar-refractivity contribution is 0.0820. The molecule has 0 spiro atoms. The Bertz CT molecular complexity index is 582. The number of carbonyl (C=O) groups is 1. The third-order valence-electron chi connectivity index (χ3n) is 5.04. The first-order chi connectivity index (χ1) is 11.5. The highest BCUT2D eigenvalue weighted by Gasteiger charge is 2.25. The summed E-state index contributed by atoms with van der Waals surface area (Å²) in [5, 5.41) is 12.3. The Kier molecular flexibility index (Phi) is 5.23. The van der Waals surface area contributed by atoms with Gasteiger partial charge in [0, 0.05) is 24.8 Å². The number of nitrogens with one attached hydrogen (secondary N) is 1. The molecule has 3 rings (SSSR count). The van der Waals surface area contributed by atoms with Gasteiger partial charge in [-0.05, 0) is 57.1 Å². The summed E-state index contributed by atoms with van der Waals surface area (Å²) < 4.78 is 19.7. The fraction of sp³-hybridized carbons (Fsp3) is 0.611. The molecule has 1 aliphatic carbocycles. The van der Waals surface area contributed by atoms with Crippen LogP contribution >= 0.6 is 0 Å². The van der Waals surface area contributed by atoms with Gasteiger partial charge in [0.2, 0.25) is 0 Å². The molecule has 0 bridgehead atoms. The number of piperidine rings is 1. The highest BCUT2D eigenvalue weighted by atomic mass is 19.1. The molecule has 0 aromatic heterocycles. The van der Waals surface area contributed by atoms with E-state index < -0.39 is 5.82 Å². The van der Waals surface area contributed by atoms with E-state index in [9.17, 15) is 14.3 Å². The molecule has 1 aromatic rings. The molecular formula is C18H25FN2O3. The Labute approximate surface area is 141 Å². The van der Waals surface area contributed by atoms with Gasteiger partial charge in [-0.25, -0.2) is 9.18 Å². The van der Waals surface area contributed by atoms with Crippen LogP contribution in [0.1, 0.15) is 39.0 Å². The molecule has 2 amide bonds. The summed E-state index contributed by atoms with van der Waals surface area (Å²) in [6.07, 6.45) is 4.43. The molecule has 2 fully saturated rings. The Morgan fingerprint density at radius 1 is 1.33 bits per heavy atom. The number of halogens is 1. The largest absolute Gasteiger partial charge is 0.487 e. The number of anilines is 1. The van der Waals surface area contributed by atoms with Crippen molar-refractivity contribution in [3.05, 3.63) is 24.0 Å². The fourth-order valence-corrected chi connectivity index (χ4v) is 3.13. The van der Waals surface area contributed by atoms with Gasteiger partial charge >= 0.3 is 6.03 Å². The molecule has 6 heteroatoms. The summed E-state index contributed by atoms with van der Waals surface area (Å²) in [7, 11) is 0. The minimum absolute atomic E-state index is 0.121. The number of carbonyl (C=O) groups excluding carboxylic acids is 1. The number of hydrogen-bond donors (Lipinski definition) is 2. The average Bonchev–Trinajstić information content (AvgIpc) is 2.52. The van der Waals surface area contributed by atoms with E-state index in [-0.39, 0.29) is 29.9 Å². The number of ether oxygens (including phenoxy) is 1. The van der Waals surface area contributed by atoms with Crippen LogP contribution in [0.25, 0.3) is 0 Å². The van der Waals surface area contributed by atoms with Crippen molar-refractivity contribution in [2.24, 2.45) is 5.92 Å². The molecule has 1 aliphatic heterocycles. The van der Waals surface area contributed by atoms with E-state index >= 15 is 0 Å². The third kappa shape index (κ3) is 3.98. The van der Waals surface area contributed by atoms with Crippen LogP contribution in [0.3, 0.4) is 0 Å². The number of benzene rings is 1. The maximum Gasteiger partial charge on any atom is 0.321 e. The minimum atomic E-state index is -0.451. The first-order valence-electron chi connectivity index (χ1n) is 8.73. The lowest BCUT2D eigenvalue weighted by atomic mass is 9.92. The second-order valence-electron chi connectivity index (χ2n) is 6.81. The maximum absolute atomic E-state index is 14.1. The maximum atomic E-state index is 14.1. The molecule has 132 valence electrons. The zero-order valence-electron chi connectivity index (χ0n) is 14.0. The van der Waals surface area contributed by atoms with Crippen molar-refractivity contribution in [3.8, 4) is 5.75 Å². The second kappa shape index (κ2) is 7.38. The third-order valence-corrected chi connectivity index (χ3v) is 5.04. The summed E-state index contributed by atoms with van der Waals surface area (Å²) in [6.45, 7) is 3.00. The normalized spacial score (nSPS) is 20.4. The summed E-state index contributed by atoms with van der Waals surface area (Å²) >= 11 is 0. The molecule has 5 nitrogen and oxygen atoms in total. The molecule has 1 heterocycles. The van der Waals surface area contributed by atoms with E-state index in [1.165, 1.54) is 6.07 Å². The van der Waals surface area contributed by atoms with Gasteiger partial charge in [-0.2, -0.15) is 0 Å². The predicted octanol–water partition coefficient (Wildman–Crippen LogP) is 3.38. The molecule has 2 N–H and O–H groups in total. The van der Waals surface area contributed by atoms with Crippen LogP contribution in [0.2, 0.25) is 0 Å². The number of amides is 2. The first-order valence-corrected chi connectivity index (χ1v) is 8.73. The Balaban J connectivity index is 1.53. The van der Waals surface area contributed by atoms with Crippen LogP contribution in [-0.4, -0.2) is 41.3 Å². The van der Waals surface area contributed by atoms with Crippen LogP contribution < -0.4 is 10.1 Å². The van der Waals surface area contributed by atoms with E-state index in [4.69, 9.17) is 4.74 Å². The van der Waals surface area contributed by atoms with Crippen molar-refractivity contribution in [1.29, 1.82) is 0 Å². The van der Waals surface area contributed by atoms with Crippen LogP contribution in [0, 0.1) is 11.7 Å². The number of aliphatic hydroxyl groups excluding tert-OH is 1. The molecule has 1 unspecified atom stereocenters. The fourth-order valence-electron chi connectivity index (χ4n) is 3.13. The molecule has 1 atom stereocenters. The van der Waals surface area contributed by atoms with E-state index in [0.717, 1.165) is 32.1 Å². The zero-order valence-corrected chi connectivity index (χ0v) is 14.0. The van der Waals surface area contributed by atoms with Crippen molar-refractivity contribution in [2.45, 2.75) is 51.2 Å². The molecule has 1 saturated carbocycles. The minimum Gasteiger partial charge on any atom is -0.487 e. The van der Waals surface area contributed by atoms with Gasteiger partial charge in [-0.15, -0.1) is 0 Å². The van der Waals surface area contributed by atoms with Crippen LogP contribution in [0.5, 0.6) is 5.75 Å². The summed E-state index contributed by atoms with van der Waals surface area (Å²) in [4.78, 5) is 14.0. The topological polar surface area (TPSA) is 61.8 Å². The van der Waals surface area contributed by atoms with Gasteiger partial charge in [0.25, 0.3) is 0 Å². The van der Waals surface area contributed by atoms with Gasteiger partial charge in [0.1, 0.15) is 0 Å². The SMILES string of the molecule is CC(O)C1CCN(C(=O)Nc2ccc(OC3CCC3)c(F)c2)CC1. The molecule has 1 saturated heterocycles. The number of urea groups is 1. The molecular weight excluding hydrogens is 311 g/mol. The average molecular weight is 336 g/mol. The predicted molar refractivity (Wildman–Crippen MR) is 89.7 cm³/mol. The van der Waals surface area contributed by atoms with E-state index in [1.807, 2.05) is 0 Å². The highest BCUT2D eigenvalue weighted by Crippen LogP contribution is 2.28. The highest BCUT2D eigenvalue weighted by molar-refractivity contribution is 5.89. The van der Waals surface area contributed by atoms with Crippen molar-refractivity contribution >= 4 is 11.7 Å². The zero-order chi connectivity index (χ0) is 17.1. The lowest BCUT2D eigenvalue weighted by Gasteiger charge is -2.33. The molecule has 0 radical (unpaired) electrons. The summed E-state index contributed by atoms with van der Waals surface area (Å²) in [5.74, 6) is 0.0393. The molecule has 1 aromatic carbocycles. The lowest BCUT2D eigenvalue weighted by Crippen LogP contribution is -2.42. The number of aliphatic hydroxyl groups is 1. The number of nitrogens with zero attached hydrogens (tertiary/aromatic N) is 1. The monoisotopic (exact) mass is 336 g/mol. The van der Waals surface area contributed by atoms with Gasteiger partial charge in [0.05, 0.1) is 12.2 Å². The van der Waals surface area contributed by atoms with Crippen molar-refractivity contribution < 1.29 is 19.0 Å².